The van der Waals surface area contributed by atoms with Crippen LogP contribution in [0.3, 0.4) is 0 Å². The van der Waals surface area contributed by atoms with Gasteiger partial charge >= 0.3 is 18.0 Å². The molecular formula is C13H17N3O6. The van der Waals surface area contributed by atoms with Crippen LogP contribution in [0.2, 0.25) is 0 Å². The topological polar surface area (TPSA) is 141 Å². The average molecular weight is 311 g/mol. The van der Waals surface area contributed by atoms with E-state index in [4.69, 9.17) is 15.2 Å². The lowest BCUT2D eigenvalue weighted by Gasteiger charge is -2.04. The number of hydrogen-bond acceptors (Lipinski definition) is 6. The first-order chi connectivity index (χ1) is 10.3. The summed E-state index contributed by atoms with van der Waals surface area (Å²) in [6, 6.07) is -1.04. The van der Waals surface area contributed by atoms with Crippen molar-refractivity contribution in [2.24, 2.45) is 5.73 Å². The predicted octanol–water partition coefficient (Wildman–Crippen LogP) is 0.160. The van der Waals surface area contributed by atoms with Crippen LogP contribution in [0.25, 0.3) is 0 Å². The van der Waals surface area contributed by atoms with Crippen molar-refractivity contribution in [2.45, 2.75) is 20.8 Å². The number of carbonyl (C=O) groups excluding carboxylic acids is 4. The number of rotatable bonds is 5. The highest BCUT2D eigenvalue weighted by Crippen LogP contribution is 2.19. The van der Waals surface area contributed by atoms with Crippen molar-refractivity contribution >= 4 is 23.9 Å². The van der Waals surface area contributed by atoms with Crippen LogP contribution < -0.4 is 11.1 Å². The summed E-state index contributed by atoms with van der Waals surface area (Å²) in [7, 11) is 0. The van der Waals surface area contributed by atoms with Gasteiger partial charge in [0, 0.05) is 5.69 Å². The largest absolute Gasteiger partial charge is 0.462 e. The van der Waals surface area contributed by atoms with Gasteiger partial charge in [-0.15, -0.1) is 0 Å². The molecule has 4 N–H and O–H groups in total. The fourth-order valence-electron chi connectivity index (χ4n) is 1.84. The van der Waals surface area contributed by atoms with Crippen LogP contribution in [0.4, 0.5) is 4.79 Å². The van der Waals surface area contributed by atoms with Crippen LogP contribution in [0.15, 0.2) is 0 Å². The van der Waals surface area contributed by atoms with E-state index in [1.54, 1.807) is 26.1 Å². The summed E-state index contributed by atoms with van der Waals surface area (Å²) >= 11 is 0. The number of imide groups is 1. The third-order valence-corrected chi connectivity index (χ3v) is 2.72. The van der Waals surface area contributed by atoms with Crippen LogP contribution in [0.5, 0.6) is 0 Å². The zero-order valence-electron chi connectivity index (χ0n) is 12.4. The number of urea groups is 1. The summed E-state index contributed by atoms with van der Waals surface area (Å²) in [5.74, 6) is -2.25. The summed E-state index contributed by atoms with van der Waals surface area (Å²) in [6.07, 6.45) is 0. The molecule has 1 aromatic heterocycles. The first-order valence-electron chi connectivity index (χ1n) is 6.40. The number of esters is 2. The number of nitrogens with two attached hydrogens (primary N) is 1. The summed E-state index contributed by atoms with van der Waals surface area (Å²) < 4.78 is 9.64. The number of amides is 3. The van der Waals surface area contributed by atoms with Gasteiger partial charge in [0.15, 0.2) is 6.61 Å². The number of carbonyl (C=O) groups is 4. The van der Waals surface area contributed by atoms with Crippen LogP contribution in [-0.4, -0.2) is 42.1 Å². The lowest BCUT2D eigenvalue weighted by molar-refractivity contribution is -0.123. The van der Waals surface area contributed by atoms with Crippen molar-refractivity contribution in [1.82, 2.24) is 10.3 Å². The highest BCUT2D eigenvalue weighted by Gasteiger charge is 2.24. The summed E-state index contributed by atoms with van der Waals surface area (Å²) in [5, 5.41) is 1.75. The molecule has 0 aliphatic heterocycles. The van der Waals surface area contributed by atoms with Crippen molar-refractivity contribution in [3.63, 3.8) is 0 Å². The van der Waals surface area contributed by atoms with Crippen LogP contribution in [-0.2, 0) is 14.3 Å². The third-order valence-electron chi connectivity index (χ3n) is 2.72. The van der Waals surface area contributed by atoms with Crippen molar-refractivity contribution < 1.29 is 28.7 Å². The second-order valence-corrected chi connectivity index (χ2v) is 4.33. The fourth-order valence-corrected chi connectivity index (χ4v) is 1.84. The van der Waals surface area contributed by atoms with E-state index in [2.05, 4.69) is 4.98 Å². The number of H-pyrrole nitrogens is 1. The zero-order valence-corrected chi connectivity index (χ0v) is 12.4. The number of aromatic nitrogens is 1. The van der Waals surface area contributed by atoms with Gasteiger partial charge in [-0.3, -0.25) is 10.1 Å². The summed E-state index contributed by atoms with van der Waals surface area (Å²) in [6.45, 7) is 4.36. The highest BCUT2D eigenvalue weighted by molar-refractivity contribution is 6.00. The molecule has 1 aromatic rings. The molecule has 0 radical (unpaired) electrons. The van der Waals surface area contributed by atoms with E-state index in [1.165, 1.54) is 0 Å². The summed E-state index contributed by atoms with van der Waals surface area (Å²) in [5.41, 5.74) is 5.84. The predicted molar refractivity (Wildman–Crippen MR) is 74.2 cm³/mol. The second-order valence-electron chi connectivity index (χ2n) is 4.33. The Morgan fingerprint density at radius 1 is 1.14 bits per heavy atom. The van der Waals surface area contributed by atoms with E-state index in [0.717, 1.165) is 0 Å². The van der Waals surface area contributed by atoms with Crippen molar-refractivity contribution in [2.75, 3.05) is 13.2 Å². The van der Waals surface area contributed by atoms with Crippen LogP contribution in [0.1, 0.15) is 39.0 Å². The fraction of sp³-hybridized carbons (Fsp3) is 0.385. The number of ether oxygens (including phenoxy) is 2. The van der Waals surface area contributed by atoms with Crippen LogP contribution >= 0.6 is 0 Å². The Labute approximate surface area is 126 Å². The SMILES string of the molecule is CCOC(=O)c1c(C)[nH]c(C(=O)OCC(=O)NC(N)=O)c1C. The van der Waals surface area contributed by atoms with E-state index < -0.39 is 30.5 Å². The maximum atomic E-state index is 11.9. The highest BCUT2D eigenvalue weighted by atomic mass is 16.5. The molecular weight excluding hydrogens is 294 g/mol. The van der Waals surface area contributed by atoms with Gasteiger partial charge in [0.05, 0.1) is 12.2 Å². The van der Waals surface area contributed by atoms with E-state index >= 15 is 0 Å². The number of aryl methyl sites for hydroxylation is 1. The van der Waals surface area contributed by atoms with E-state index in [9.17, 15) is 19.2 Å². The molecule has 0 aromatic carbocycles. The Balaban J connectivity index is 2.83. The standard InChI is InChI=1S/C13H17N3O6/c1-4-21-11(18)9-6(2)10(15-7(9)3)12(19)22-5-8(17)16-13(14)20/h15H,4-5H2,1-3H3,(H3,14,16,17,20). The minimum absolute atomic E-state index is 0.0347. The third kappa shape index (κ3) is 4.08. The lowest BCUT2D eigenvalue weighted by Crippen LogP contribution is -2.37. The van der Waals surface area contributed by atoms with Gasteiger partial charge in [0.2, 0.25) is 0 Å². The number of nitrogens with one attached hydrogen (secondary N) is 2. The molecule has 0 atom stereocenters. The zero-order chi connectivity index (χ0) is 16.9. The average Bonchev–Trinajstić information content (AvgIpc) is 2.71. The Hall–Kier alpha value is -2.84. The van der Waals surface area contributed by atoms with Gasteiger partial charge in [0.1, 0.15) is 5.69 Å². The molecule has 0 aliphatic rings. The van der Waals surface area contributed by atoms with Gasteiger partial charge in [-0.05, 0) is 26.3 Å². The number of aromatic amines is 1. The summed E-state index contributed by atoms with van der Waals surface area (Å²) in [4.78, 5) is 48.0. The van der Waals surface area contributed by atoms with Crippen LogP contribution in [0, 0.1) is 13.8 Å². The maximum absolute atomic E-state index is 11.9. The molecule has 22 heavy (non-hydrogen) atoms. The molecule has 0 spiro atoms. The van der Waals surface area contributed by atoms with E-state index in [1.807, 2.05) is 0 Å². The smallest absolute Gasteiger partial charge is 0.355 e. The Bertz CT molecular complexity index is 620. The molecule has 0 saturated carbocycles. The molecule has 1 rings (SSSR count). The molecule has 0 unspecified atom stereocenters. The van der Waals surface area contributed by atoms with E-state index in [0.29, 0.717) is 11.3 Å². The molecule has 0 fully saturated rings. The van der Waals surface area contributed by atoms with Gasteiger partial charge in [-0.2, -0.15) is 0 Å². The lowest BCUT2D eigenvalue weighted by atomic mass is 10.1. The van der Waals surface area contributed by atoms with Crippen molar-refractivity contribution in [3.8, 4) is 0 Å². The number of primary amides is 1. The Morgan fingerprint density at radius 3 is 2.32 bits per heavy atom. The molecule has 3 amide bonds. The second kappa shape index (κ2) is 7.25. The monoisotopic (exact) mass is 311 g/mol. The Morgan fingerprint density at radius 2 is 1.77 bits per heavy atom. The maximum Gasteiger partial charge on any atom is 0.355 e. The van der Waals surface area contributed by atoms with E-state index in [-0.39, 0.29) is 17.9 Å². The minimum atomic E-state index is -1.04. The van der Waals surface area contributed by atoms with Gasteiger partial charge in [-0.1, -0.05) is 0 Å². The molecule has 9 nitrogen and oxygen atoms in total. The Kier molecular flexibility index (Phi) is 5.67. The molecule has 9 heteroatoms. The minimum Gasteiger partial charge on any atom is -0.462 e. The van der Waals surface area contributed by atoms with Gasteiger partial charge < -0.3 is 20.2 Å². The van der Waals surface area contributed by atoms with Crippen molar-refractivity contribution in [3.05, 3.63) is 22.5 Å². The first kappa shape index (κ1) is 17.2. The number of hydrogen-bond donors (Lipinski definition) is 3. The molecule has 0 saturated heterocycles. The normalized spacial score (nSPS) is 9.95. The molecule has 0 bridgehead atoms. The molecule has 120 valence electrons. The van der Waals surface area contributed by atoms with Gasteiger partial charge in [0.25, 0.3) is 5.91 Å². The molecule has 0 aliphatic carbocycles. The van der Waals surface area contributed by atoms with Crippen molar-refractivity contribution in [1.29, 1.82) is 0 Å². The quantitative estimate of drug-likeness (QED) is 0.661. The first-order valence-corrected chi connectivity index (χ1v) is 6.40. The molecule has 1 heterocycles. The van der Waals surface area contributed by atoms with Gasteiger partial charge in [-0.25, -0.2) is 14.4 Å².